The van der Waals surface area contributed by atoms with Crippen molar-refractivity contribution in [3.8, 4) is 0 Å². The van der Waals surface area contributed by atoms with E-state index in [9.17, 15) is 4.79 Å². The summed E-state index contributed by atoms with van der Waals surface area (Å²) in [7, 11) is 1.35. The van der Waals surface area contributed by atoms with E-state index in [1.165, 1.54) is 20.0 Å². The number of benzene rings is 1. The highest BCUT2D eigenvalue weighted by molar-refractivity contribution is 5.95. The lowest BCUT2D eigenvalue weighted by molar-refractivity contribution is 0.0455. The van der Waals surface area contributed by atoms with Gasteiger partial charge < -0.3 is 15.2 Å². The van der Waals surface area contributed by atoms with Crippen LogP contribution in [-0.4, -0.2) is 19.2 Å². The molecule has 0 spiro atoms. The zero-order valence-corrected chi connectivity index (χ0v) is 10.6. The Balaban J connectivity index is 2.02. The molecule has 0 bridgehead atoms. The Bertz CT molecular complexity index is 425. The molecule has 4 nitrogen and oxygen atoms in total. The van der Waals surface area contributed by atoms with Gasteiger partial charge in [0.1, 0.15) is 0 Å². The van der Waals surface area contributed by atoms with Crippen LogP contribution < -0.4 is 5.73 Å². The summed E-state index contributed by atoms with van der Waals surface area (Å²) in [6, 6.07) is 5.35. The maximum atomic E-state index is 11.5. The fourth-order valence-corrected chi connectivity index (χ4v) is 2.25. The number of ether oxygens (including phenoxy) is 2. The van der Waals surface area contributed by atoms with Gasteiger partial charge in [-0.2, -0.15) is 0 Å². The van der Waals surface area contributed by atoms with Crippen molar-refractivity contribution in [2.45, 2.75) is 38.4 Å². The summed E-state index contributed by atoms with van der Waals surface area (Å²) < 4.78 is 10.5. The summed E-state index contributed by atoms with van der Waals surface area (Å²) in [5.41, 5.74) is 7.54. The Morgan fingerprint density at radius 3 is 2.78 bits per heavy atom. The maximum absolute atomic E-state index is 11.5. The first-order valence-electron chi connectivity index (χ1n) is 6.29. The van der Waals surface area contributed by atoms with Gasteiger partial charge in [0.25, 0.3) is 0 Å². The summed E-state index contributed by atoms with van der Waals surface area (Å²) in [5.74, 6) is -0.407. The van der Waals surface area contributed by atoms with Crippen LogP contribution in [0, 0.1) is 0 Å². The summed E-state index contributed by atoms with van der Waals surface area (Å²) in [6.07, 6.45) is 5.14. The Morgan fingerprint density at radius 2 is 2.11 bits per heavy atom. The number of hydrogen-bond acceptors (Lipinski definition) is 4. The van der Waals surface area contributed by atoms with Crippen molar-refractivity contribution in [1.82, 2.24) is 0 Å². The molecule has 1 aliphatic carbocycles. The molecule has 0 aromatic heterocycles. The van der Waals surface area contributed by atoms with Crippen LogP contribution in [0.25, 0.3) is 0 Å². The molecule has 0 heterocycles. The van der Waals surface area contributed by atoms with E-state index in [1.54, 1.807) is 12.1 Å². The molecule has 0 unspecified atom stereocenters. The molecule has 0 radical (unpaired) electrons. The number of hydrogen-bond donors (Lipinski definition) is 1. The largest absolute Gasteiger partial charge is 0.465 e. The SMILES string of the molecule is COC(=O)c1cc(COC2CCCC2)ccc1N. The molecule has 18 heavy (non-hydrogen) atoms. The molecule has 1 fully saturated rings. The minimum atomic E-state index is -0.407. The monoisotopic (exact) mass is 249 g/mol. The topological polar surface area (TPSA) is 61.5 Å². The average Bonchev–Trinajstić information content (AvgIpc) is 2.90. The lowest BCUT2D eigenvalue weighted by Crippen LogP contribution is -2.09. The van der Waals surface area contributed by atoms with Crippen molar-refractivity contribution in [2.24, 2.45) is 0 Å². The molecule has 1 aromatic rings. The minimum Gasteiger partial charge on any atom is -0.465 e. The highest BCUT2D eigenvalue weighted by Crippen LogP contribution is 2.23. The van der Waals surface area contributed by atoms with Crippen molar-refractivity contribution in [2.75, 3.05) is 12.8 Å². The number of methoxy groups -OCH3 is 1. The van der Waals surface area contributed by atoms with Gasteiger partial charge in [-0.3, -0.25) is 0 Å². The van der Waals surface area contributed by atoms with E-state index in [0.717, 1.165) is 18.4 Å². The molecule has 0 aliphatic heterocycles. The first-order valence-corrected chi connectivity index (χ1v) is 6.29. The Labute approximate surface area is 107 Å². The third-order valence-corrected chi connectivity index (χ3v) is 3.31. The molecule has 98 valence electrons. The highest BCUT2D eigenvalue weighted by Gasteiger charge is 2.16. The van der Waals surface area contributed by atoms with Crippen molar-refractivity contribution in [3.05, 3.63) is 29.3 Å². The first kappa shape index (κ1) is 12.9. The molecule has 2 N–H and O–H groups in total. The third kappa shape index (κ3) is 3.01. The number of nitrogens with two attached hydrogens (primary N) is 1. The lowest BCUT2D eigenvalue weighted by atomic mass is 10.1. The molecule has 0 atom stereocenters. The molecule has 1 saturated carbocycles. The molecule has 2 rings (SSSR count). The maximum Gasteiger partial charge on any atom is 0.339 e. The van der Waals surface area contributed by atoms with Crippen LogP contribution in [0.2, 0.25) is 0 Å². The van der Waals surface area contributed by atoms with Crippen molar-refractivity contribution in [1.29, 1.82) is 0 Å². The first-order chi connectivity index (χ1) is 8.70. The molecule has 1 aromatic carbocycles. The molecule has 1 aliphatic rings. The van der Waals surface area contributed by atoms with Gasteiger partial charge >= 0.3 is 5.97 Å². The summed E-state index contributed by atoms with van der Waals surface area (Å²) in [5, 5.41) is 0. The summed E-state index contributed by atoms with van der Waals surface area (Å²) >= 11 is 0. The molecular weight excluding hydrogens is 230 g/mol. The van der Waals surface area contributed by atoms with Crippen LogP contribution in [0.3, 0.4) is 0 Å². The Kier molecular flexibility index (Phi) is 4.20. The van der Waals surface area contributed by atoms with Crippen LogP contribution in [0.15, 0.2) is 18.2 Å². The zero-order valence-electron chi connectivity index (χ0n) is 10.6. The van der Waals surface area contributed by atoms with Crippen LogP contribution in [0.4, 0.5) is 5.69 Å². The van der Waals surface area contributed by atoms with Crippen LogP contribution in [0.5, 0.6) is 0 Å². The number of anilines is 1. The molecule has 4 heteroatoms. The Hall–Kier alpha value is -1.55. The number of rotatable bonds is 4. The van der Waals surface area contributed by atoms with Gasteiger partial charge in [-0.05, 0) is 30.5 Å². The van der Waals surface area contributed by atoms with E-state index in [-0.39, 0.29) is 0 Å². The van der Waals surface area contributed by atoms with Crippen molar-refractivity contribution < 1.29 is 14.3 Å². The van der Waals surface area contributed by atoms with E-state index in [0.29, 0.717) is 24.0 Å². The van der Waals surface area contributed by atoms with Crippen molar-refractivity contribution in [3.63, 3.8) is 0 Å². The highest BCUT2D eigenvalue weighted by atomic mass is 16.5. The fourth-order valence-electron chi connectivity index (χ4n) is 2.25. The summed E-state index contributed by atoms with van der Waals surface area (Å²) in [6.45, 7) is 0.523. The smallest absolute Gasteiger partial charge is 0.339 e. The predicted octanol–water partition coefficient (Wildman–Crippen LogP) is 2.51. The van der Waals surface area contributed by atoms with Crippen LogP contribution in [-0.2, 0) is 16.1 Å². The second-order valence-corrected chi connectivity index (χ2v) is 4.63. The van der Waals surface area contributed by atoms with Crippen LogP contribution in [0.1, 0.15) is 41.6 Å². The van der Waals surface area contributed by atoms with Gasteiger partial charge in [-0.1, -0.05) is 18.9 Å². The third-order valence-electron chi connectivity index (χ3n) is 3.31. The fraction of sp³-hybridized carbons (Fsp3) is 0.500. The quantitative estimate of drug-likeness (QED) is 0.658. The van der Waals surface area contributed by atoms with Gasteiger partial charge in [0.2, 0.25) is 0 Å². The van der Waals surface area contributed by atoms with E-state index in [4.69, 9.17) is 15.2 Å². The van der Waals surface area contributed by atoms with Gasteiger partial charge in [0.15, 0.2) is 0 Å². The van der Waals surface area contributed by atoms with E-state index in [2.05, 4.69) is 0 Å². The second-order valence-electron chi connectivity index (χ2n) is 4.63. The minimum absolute atomic E-state index is 0.365. The predicted molar refractivity (Wildman–Crippen MR) is 69.2 cm³/mol. The average molecular weight is 249 g/mol. The van der Waals surface area contributed by atoms with E-state index in [1.807, 2.05) is 6.07 Å². The van der Waals surface area contributed by atoms with Crippen LogP contribution >= 0.6 is 0 Å². The zero-order chi connectivity index (χ0) is 13.0. The summed E-state index contributed by atoms with van der Waals surface area (Å²) in [4.78, 5) is 11.5. The van der Waals surface area contributed by atoms with E-state index >= 15 is 0 Å². The van der Waals surface area contributed by atoms with Crippen molar-refractivity contribution >= 4 is 11.7 Å². The molecule has 0 amide bonds. The van der Waals surface area contributed by atoms with Gasteiger partial charge in [-0.15, -0.1) is 0 Å². The second kappa shape index (κ2) is 5.87. The number of carbonyl (C=O) groups is 1. The number of esters is 1. The molecule has 0 saturated heterocycles. The molecular formula is C14H19NO3. The van der Waals surface area contributed by atoms with Gasteiger partial charge in [0, 0.05) is 5.69 Å². The lowest BCUT2D eigenvalue weighted by Gasteiger charge is -2.12. The van der Waals surface area contributed by atoms with Gasteiger partial charge in [-0.25, -0.2) is 4.79 Å². The standard InChI is InChI=1S/C14H19NO3/c1-17-14(16)12-8-10(6-7-13(12)15)9-18-11-4-2-3-5-11/h6-8,11H,2-5,9,15H2,1H3. The number of nitrogen functional groups attached to an aromatic ring is 1. The Morgan fingerprint density at radius 1 is 1.39 bits per heavy atom. The normalized spacial score (nSPS) is 15.8. The van der Waals surface area contributed by atoms with E-state index < -0.39 is 5.97 Å². The van der Waals surface area contributed by atoms with Gasteiger partial charge in [0.05, 0.1) is 25.4 Å². The number of carbonyl (C=O) groups excluding carboxylic acids is 1.